The number of H-pyrrole nitrogens is 1. The lowest BCUT2D eigenvalue weighted by atomic mass is 10.2. The van der Waals surface area contributed by atoms with Crippen molar-refractivity contribution in [2.24, 2.45) is 0 Å². The minimum atomic E-state index is 0.467. The molecule has 0 aliphatic carbocycles. The quantitative estimate of drug-likeness (QED) is 0.492. The Morgan fingerprint density at radius 3 is 2.74 bits per heavy atom. The standard InChI is InChI=1S/C18H10ClN3S/c19-17-12-5-1-4-8-15(12)23-16(17)9-11(10-20)18-21-13-6-2-3-7-14(13)22-18/h1-9H,(H,21,22)/b11-9+. The zero-order chi connectivity index (χ0) is 15.8. The van der Waals surface area contributed by atoms with Gasteiger partial charge in [0.25, 0.3) is 0 Å². The molecule has 2 aromatic carbocycles. The highest BCUT2D eigenvalue weighted by atomic mass is 35.5. The molecule has 0 bridgehead atoms. The molecule has 0 unspecified atom stereocenters. The zero-order valence-electron chi connectivity index (χ0n) is 11.9. The average Bonchev–Trinajstić information content (AvgIpc) is 3.14. The third-order valence-electron chi connectivity index (χ3n) is 3.60. The van der Waals surface area contributed by atoms with Gasteiger partial charge >= 0.3 is 0 Å². The third-order valence-corrected chi connectivity index (χ3v) is 5.24. The molecule has 2 heterocycles. The van der Waals surface area contributed by atoms with Crippen LogP contribution < -0.4 is 0 Å². The number of allylic oxidation sites excluding steroid dienone is 1. The molecule has 0 saturated carbocycles. The van der Waals surface area contributed by atoms with E-state index in [1.807, 2.05) is 48.5 Å². The van der Waals surface area contributed by atoms with Crippen molar-refractivity contribution < 1.29 is 0 Å². The van der Waals surface area contributed by atoms with Crippen LogP contribution in [0, 0.1) is 11.3 Å². The number of hydrogen-bond acceptors (Lipinski definition) is 3. The highest BCUT2D eigenvalue weighted by Gasteiger charge is 2.12. The first-order chi connectivity index (χ1) is 11.3. The molecule has 0 radical (unpaired) electrons. The molecule has 4 rings (SSSR count). The number of thiophene rings is 1. The molecule has 4 aromatic rings. The van der Waals surface area contributed by atoms with Crippen LogP contribution in [-0.4, -0.2) is 9.97 Å². The van der Waals surface area contributed by atoms with Gasteiger partial charge in [0.2, 0.25) is 0 Å². The summed E-state index contributed by atoms with van der Waals surface area (Å²) in [7, 11) is 0. The van der Waals surface area contributed by atoms with Gasteiger partial charge in [-0.25, -0.2) is 4.98 Å². The summed E-state index contributed by atoms with van der Waals surface area (Å²) >= 11 is 8.02. The number of aromatic amines is 1. The van der Waals surface area contributed by atoms with Crippen LogP contribution in [0.5, 0.6) is 0 Å². The third kappa shape index (κ3) is 2.40. The van der Waals surface area contributed by atoms with Crippen molar-refractivity contribution in [1.82, 2.24) is 9.97 Å². The normalized spacial score (nSPS) is 11.9. The lowest BCUT2D eigenvalue weighted by Gasteiger charge is -1.93. The maximum atomic E-state index is 9.51. The van der Waals surface area contributed by atoms with Crippen molar-refractivity contribution in [3.8, 4) is 6.07 Å². The average molecular weight is 336 g/mol. The smallest absolute Gasteiger partial charge is 0.149 e. The van der Waals surface area contributed by atoms with Gasteiger partial charge in [-0.05, 0) is 24.3 Å². The first-order valence-electron chi connectivity index (χ1n) is 7.00. The van der Waals surface area contributed by atoms with E-state index in [4.69, 9.17) is 11.6 Å². The molecule has 0 amide bonds. The van der Waals surface area contributed by atoms with Crippen molar-refractivity contribution in [2.45, 2.75) is 0 Å². The number of rotatable bonds is 2. The van der Waals surface area contributed by atoms with Crippen molar-refractivity contribution in [2.75, 3.05) is 0 Å². The maximum Gasteiger partial charge on any atom is 0.149 e. The number of fused-ring (bicyclic) bond motifs is 2. The molecule has 23 heavy (non-hydrogen) atoms. The van der Waals surface area contributed by atoms with E-state index in [0.717, 1.165) is 26.0 Å². The van der Waals surface area contributed by atoms with E-state index in [1.54, 1.807) is 17.4 Å². The van der Waals surface area contributed by atoms with Crippen LogP contribution in [0.4, 0.5) is 0 Å². The SMILES string of the molecule is N#C/C(=C\c1sc2ccccc2c1Cl)c1nc2ccccc2[nH]1. The number of nitriles is 1. The molecule has 0 aliphatic rings. The molecule has 0 fully saturated rings. The van der Waals surface area contributed by atoms with Gasteiger partial charge in [-0.15, -0.1) is 11.3 Å². The Morgan fingerprint density at radius 1 is 1.17 bits per heavy atom. The van der Waals surface area contributed by atoms with Gasteiger partial charge in [-0.3, -0.25) is 0 Å². The van der Waals surface area contributed by atoms with Gasteiger partial charge in [0.15, 0.2) is 0 Å². The van der Waals surface area contributed by atoms with E-state index in [2.05, 4.69) is 16.0 Å². The second-order valence-corrected chi connectivity index (χ2v) is 6.51. The second kappa shape index (κ2) is 5.54. The van der Waals surface area contributed by atoms with Crippen LogP contribution in [0.2, 0.25) is 5.02 Å². The van der Waals surface area contributed by atoms with Crippen LogP contribution in [0.1, 0.15) is 10.7 Å². The molecular formula is C18H10ClN3S. The van der Waals surface area contributed by atoms with E-state index in [1.165, 1.54) is 0 Å². The minimum absolute atomic E-state index is 0.467. The van der Waals surface area contributed by atoms with E-state index in [-0.39, 0.29) is 0 Å². The summed E-state index contributed by atoms with van der Waals surface area (Å²) in [6, 6.07) is 17.9. The topological polar surface area (TPSA) is 52.5 Å². The van der Waals surface area contributed by atoms with Crippen molar-refractivity contribution in [3.05, 3.63) is 64.3 Å². The van der Waals surface area contributed by atoms with Crippen molar-refractivity contribution in [1.29, 1.82) is 5.26 Å². The fourth-order valence-electron chi connectivity index (χ4n) is 2.49. The Bertz CT molecular complexity index is 1070. The number of imidazole rings is 1. The number of aromatic nitrogens is 2. The molecule has 110 valence electrons. The summed E-state index contributed by atoms with van der Waals surface area (Å²) in [5.74, 6) is 0.558. The summed E-state index contributed by atoms with van der Waals surface area (Å²) in [4.78, 5) is 8.52. The monoisotopic (exact) mass is 335 g/mol. The van der Waals surface area contributed by atoms with Gasteiger partial charge in [0.05, 0.1) is 21.6 Å². The number of halogens is 1. The number of benzene rings is 2. The largest absolute Gasteiger partial charge is 0.337 e. The van der Waals surface area contributed by atoms with Gasteiger partial charge in [-0.2, -0.15) is 5.26 Å². The lowest BCUT2D eigenvalue weighted by molar-refractivity contribution is 1.27. The van der Waals surface area contributed by atoms with E-state index < -0.39 is 0 Å². The van der Waals surface area contributed by atoms with Crippen LogP contribution in [0.25, 0.3) is 32.8 Å². The molecule has 5 heteroatoms. The molecule has 0 saturated heterocycles. The number of nitrogens with zero attached hydrogens (tertiary/aromatic N) is 2. The Balaban J connectivity index is 1.86. The molecular weight excluding hydrogens is 326 g/mol. The van der Waals surface area contributed by atoms with Crippen LogP contribution in [-0.2, 0) is 0 Å². The second-order valence-electron chi connectivity index (χ2n) is 5.05. The first kappa shape index (κ1) is 14.0. The molecule has 0 atom stereocenters. The molecule has 1 N–H and O–H groups in total. The molecule has 3 nitrogen and oxygen atoms in total. The lowest BCUT2D eigenvalue weighted by Crippen LogP contribution is -1.84. The molecule has 2 aromatic heterocycles. The van der Waals surface area contributed by atoms with Crippen molar-refractivity contribution in [3.63, 3.8) is 0 Å². The van der Waals surface area contributed by atoms with E-state index in [0.29, 0.717) is 16.4 Å². The van der Waals surface area contributed by atoms with Crippen LogP contribution in [0.15, 0.2) is 48.5 Å². The Morgan fingerprint density at radius 2 is 1.96 bits per heavy atom. The van der Waals surface area contributed by atoms with Gasteiger partial charge in [-0.1, -0.05) is 41.9 Å². The van der Waals surface area contributed by atoms with E-state index >= 15 is 0 Å². The number of para-hydroxylation sites is 2. The summed E-state index contributed by atoms with van der Waals surface area (Å²) < 4.78 is 1.10. The fraction of sp³-hybridized carbons (Fsp3) is 0. The Kier molecular flexibility index (Phi) is 3.38. The molecule has 0 spiro atoms. The number of hydrogen-bond donors (Lipinski definition) is 1. The molecule has 0 aliphatic heterocycles. The predicted octanol–water partition coefficient (Wildman–Crippen LogP) is 5.50. The van der Waals surface area contributed by atoms with Crippen molar-refractivity contribution >= 4 is 55.7 Å². The fourth-order valence-corrected chi connectivity index (χ4v) is 3.92. The van der Waals surface area contributed by atoms with Gasteiger partial charge in [0.1, 0.15) is 11.9 Å². The van der Waals surface area contributed by atoms with Gasteiger partial charge < -0.3 is 4.98 Å². The number of nitrogens with one attached hydrogen (secondary N) is 1. The highest BCUT2D eigenvalue weighted by molar-refractivity contribution is 7.20. The Hall–Kier alpha value is -2.61. The summed E-state index contributed by atoms with van der Waals surface area (Å²) in [5, 5.41) is 11.2. The summed E-state index contributed by atoms with van der Waals surface area (Å²) in [6.45, 7) is 0. The maximum absolute atomic E-state index is 9.51. The van der Waals surface area contributed by atoms with Crippen LogP contribution in [0.3, 0.4) is 0 Å². The Labute approximate surface area is 141 Å². The minimum Gasteiger partial charge on any atom is -0.337 e. The summed E-state index contributed by atoms with van der Waals surface area (Å²) in [5.41, 5.74) is 2.21. The van der Waals surface area contributed by atoms with Crippen LogP contribution >= 0.6 is 22.9 Å². The van der Waals surface area contributed by atoms with E-state index in [9.17, 15) is 5.26 Å². The zero-order valence-corrected chi connectivity index (χ0v) is 13.4. The summed E-state index contributed by atoms with van der Waals surface area (Å²) in [6.07, 6.45) is 1.80. The first-order valence-corrected chi connectivity index (χ1v) is 8.19. The predicted molar refractivity (Wildman–Crippen MR) is 96.4 cm³/mol. The highest BCUT2D eigenvalue weighted by Crippen LogP contribution is 2.37. The van der Waals surface area contributed by atoms with Gasteiger partial charge in [0, 0.05) is 15.0 Å².